The van der Waals surface area contributed by atoms with Crippen LogP contribution in [-0.2, 0) is 20.3 Å². The third-order valence-corrected chi connectivity index (χ3v) is 5.01. The summed E-state index contributed by atoms with van der Waals surface area (Å²) in [5.41, 5.74) is 0.751. The van der Waals surface area contributed by atoms with E-state index < -0.39 is 11.2 Å². The van der Waals surface area contributed by atoms with Crippen molar-refractivity contribution in [2.75, 3.05) is 0 Å². The first-order chi connectivity index (χ1) is 11.5. The molecule has 128 valence electrons. The maximum absolute atomic E-state index is 9.21. The molecule has 2 aromatic rings. The monoisotopic (exact) mass is 328 g/mol. The van der Waals surface area contributed by atoms with E-state index in [2.05, 4.69) is 17.0 Å². The van der Waals surface area contributed by atoms with Crippen molar-refractivity contribution in [3.8, 4) is 0 Å². The van der Waals surface area contributed by atoms with Gasteiger partial charge < -0.3 is 0 Å². The molecule has 2 aromatic carbocycles. The zero-order chi connectivity index (χ0) is 17.2. The number of rotatable bonds is 4. The fourth-order valence-corrected chi connectivity index (χ4v) is 3.31. The van der Waals surface area contributed by atoms with Gasteiger partial charge in [0, 0.05) is 5.92 Å². The summed E-state index contributed by atoms with van der Waals surface area (Å²) in [5.74, 6) is 0.0641. The summed E-state index contributed by atoms with van der Waals surface area (Å²) in [6.45, 7) is 5.62. The first kappa shape index (κ1) is 17.1. The van der Waals surface area contributed by atoms with Gasteiger partial charge in [-0.05, 0) is 38.3 Å². The molecule has 0 amide bonds. The molecule has 1 N–H and O–H groups in total. The SMILES string of the molecule is CC(C)(OO)C1CC(c2ccccc2)C(C)(c2ccccc2)OO1. The minimum Gasteiger partial charge on any atom is -0.251 e. The minimum absolute atomic E-state index is 0.0641. The third kappa shape index (κ3) is 3.10. The van der Waals surface area contributed by atoms with Crippen molar-refractivity contribution in [2.45, 2.75) is 50.4 Å². The van der Waals surface area contributed by atoms with Gasteiger partial charge in [-0.1, -0.05) is 60.7 Å². The standard InChI is InChI=1S/C20H24O4/c1-19(2,23-21)18-14-17(15-10-6-4-7-11-15)20(3,24-22-18)16-12-8-5-9-13-16/h4-13,17-18,21H,14H2,1-3H3. The first-order valence-corrected chi connectivity index (χ1v) is 8.25. The molecule has 0 bridgehead atoms. The summed E-state index contributed by atoms with van der Waals surface area (Å²) in [7, 11) is 0. The van der Waals surface area contributed by atoms with E-state index in [0.717, 1.165) is 5.56 Å². The van der Waals surface area contributed by atoms with Gasteiger partial charge in [0.15, 0.2) is 0 Å². The second kappa shape index (κ2) is 6.65. The van der Waals surface area contributed by atoms with Crippen molar-refractivity contribution in [2.24, 2.45) is 0 Å². The van der Waals surface area contributed by atoms with Crippen molar-refractivity contribution in [3.05, 3.63) is 71.8 Å². The second-order valence-electron chi connectivity index (χ2n) is 7.03. The predicted molar refractivity (Wildman–Crippen MR) is 91.3 cm³/mol. The largest absolute Gasteiger partial charge is 0.251 e. The fraction of sp³-hybridized carbons (Fsp3) is 0.400. The van der Waals surface area contributed by atoms with E-state index in [9.17, 15) is 5.26 Å². The number of hydrogen-bond acceptors (Lipinski definition) is 4. The maximum Gasteiger partial charge on any atom is 0.133 e. The van der Waals surface area contributed by atoms with Crippen molar-refractivity contribution < 1.29 is 19.9 Å². The highest BCUT2D eigenvalue weighted by molar-refractivity contribution is 5.31. The third-order valence-electron chi connectivity index (χ3n) is 5.01. The van der Waals surface area contributed by atoms with Crippen LogP contribution in [0.4, 0.5) is 0 Å². The van der Waals surface area contributed by atoms with Crippen molar-refractivity contribution in [1.29, 1.82) is 0 Å². The van der Waals surface area contributed by atoms with Crippen LogP contribution in [0.1, 0.15) is 44.2 Å². The number of benzene rings is 2. The molecule has 1 aliphatic rings. The molecule has 1 heterocycles. The smallest absolute Gasteiger partial charge is 0.133 e. The second-order valence-corrected chi connectivity index (χ2v) is 7.03. The molecule has 0 aromatic heterocycles. The fourth-order valence-electron chi connectivity index (χ4n) is 3.31. The Kier molecular flexibility index (Phi) is 4.74. The summed E-state index contributed by atoms with van der Waals surface area (Å²) >= 11 is 0. The summed E-state index contributed by atoms with van der Waals surface area (Å²) in [6, 6.07) is 20.3. The molecule has 3 atom stereocenters. The summed E-state index contributed by atoms with van der Waals surface area (Å²) in [4.78, 5) is 16.2. The van der Waals surface area contributed by atoms with Gasteiger partial charge in [-0.2, -0.15) is 0 Å². The summed E-state index contributed by atoms with van der Waals surface area (Å²) < 4.78 is 0. The van der Waals surface area contributed by atoms with Crippen LogP contribution in [0, 0.1) is 0 Å². The van der Waals surface area contributed by atoms with Crippen LogP contribution in [0.25, 0.3) is 0 Å². The van der Waals surface area contributed by atoms with Crippen molar-refractivity contribution in [3.63, 3.8) is 0 Å². The lowest BCUT2D eigenvalue weighted by Crippen LogP contribution is -2.50. The van der Waals surface area contributed by atoms with Crippen LogP contribution in [-0.4, -0.2) is 17.0 Å². The van der Waals surface area contributed by atoms with Crippen molar-refractivity contribution in [1.82, 2.24) is 0 Å². The molecule has 3 rings (SSSR count). The van der Waals surface area contributed by atoms with Gasteiger partial charge in [-0.15, -0.1) is 0 Å². The molecule has 1 fully saturated rings. The lowest BCUT2D eigenvalue weighted by molar-refractivity contribution is -0.456. The highest BCUT2D eigenvalue weighted by Gasteiger charge is 2.49. The van der Waals surface area contributed by atoms with Crippen LogP contribution in [0.15, 0.2) is 60.7 Å². The molecular formula is C20H24O4. The Bertz CT molecular complexity index is 656. The molecule has 4 heteroatoms. The van der Waals surface area contributed by atoms with Gasteiger partial charge in [0.2, 0.25) is 0 Å². The molecule has 1 aliphatic heterocycles. The average Bonchev–Trinajstić information content (AvgIpc) is 2.63. The zero-order valence-corrected chi connectivity index (χ0v) is 14.3. The summed E-state index contributed by atoms with van der Waals surface area (Å²) in [5, 5.41) is 9.21. The van der Waals surface area contributed by atoms with Crippen LogP contribution in [0.2, 0.25) is 0 Å². The lowest BCUT2D eigenvalue weighted by atomic mass is 9.73. The number of hydrogen-bond donors (Lipinski definition) is 1. The summed E-state index contributed by atoms with van der Waals surface area (Å²) in [6.07, 6.45) is 0.285. The Morgan fingerprint density at radius 3 is 2.21 bits per heavy atom. The van der Waals surface area contributed by atoms with E-state index in [4.69, 9.17) is 9.78 Å². The van der Waals surface area contributed by atoms with Gasteiger partial charge in [-0.25, -0.2) is 14.7 Å². The predicted octanol–water partition coefficient (Wildman–Crippen LogP) is 4.67. The molecule has 3 unspecified atom stereocenters. The lowest BCUT2D eigenvalue weighted by Gasteiger charge is -2.46. The van der Waals surface area contributed by atoms with E-state index in [-0.39, 0.29) is 12.0 Å². The molecule has 1 saturated heterocycles. The normalized spacial score (nSPS) is 27.8. The topological polar surface area (TPSA) is 47.9 Å². The maximum atomic E-state index is 9.21. The Hall–Kier alpha value is -1.72. The first-order valence-electron chi connectivity index (χ1n) is 8.25. The Balaban J connectivity index is 2.00. The minimum atomic E-state index is -0.856. The van der Waals surface area contributed by atoms with Crippen LogP contribution >= 0.6 is 0 Å². The Labute approximate surface area is 142 Å². The van der Waals surface area contributed by atoms with E-state index in [1.165, 1.54) is 5.56 Å². The van der Waals surface area contributed by atoms with E-state index in [1.807, 2.05) is 55.5 Å². The van der Waals surface area contributed by atoms with Gasteiger partial charge in [0.05, 0.1) is 0 Å². The molecule has 0 saturated carbocycles. The van der Waals surface area contributed by atoms with E-state index in [1.54, 1.807) is 13.8 Å². The van der Waals surface area contributed by atoms with Crippen molar-refractivity contribution >= 4 is 0 Å². The molecular weight excluding hydrogens is 304 g/mol. The van der Waals surface area contributed by atoms with E-state index in [0.29, 0.717) is 6.42 Å². The Morgan fingerprint density at radius 1 is 1.04 bits per heavy atom. The zero-order valence-electron chi connectivity index (χ0n) is 14.3. The highest BCUT2D eigenvalue weighted by Crippen LogP contribution is 2.48. The van der Waals surface area contributed by atoms with Gasteiger partial charge in [0.25, 0.3) is 0 Å². The Morgan fingerprint density at radius 2 is 1.62 bits per heavy atom. The van der Waals surface area contributed by atoms with Crippen LogP contribution in [0.5, 0.6) is 0 Å². The van der Waals surface area contributed by atoms with Gasteiger partial charge in [-0.3, -0.25) is 5.26 Å². The molecule has 24 heavy (non-hydrogen) atoms. The van der Waals surface area contributed by atoms with Gasteiger partial charge >= 0.3 is 0 Å². The van der Waals surface area contributed by atoms with E-state index >= 15 is 0 Å². The highest BCUT2D eigenvalue weighted by atomic mass is 17.2. The molecule has 0 radical (unpaired) electrons. The van der Waals surface area contributed by atoms with Gasteiger partial charge in [0.1, 0.15) is 17.3 Å². The molecule has 0 spiro atoms. The molecule has 0 aliphatic carbocycles. The quantitative estimate of drug-likeness (QED) is 0.654. The average molecular weight is 328 g/mol. The molecule has 4 nitrogen and oxygen atoms in total. The van der Waals surface area contributed by atoms with Crippen LogP contribution < -0.4 is 0 Å². The van der Waals surface area contributed by atoms with Crippen LogP contribution in [0.3, 0.4) is 0 Å².